The number of amides is 1. The molecule has 1 aliphatic heterocycles. The van der Waals surface area contributed by atoms with Crippen LogP contribution in [0.5, 0.6) is 0 Å². The van der Waals surface area contributed by atoms with Crippen molar-refractivity contribution in [1.29, 1.82) is 0 Å². The van der Waals surface area contributed by atoms with Crippen LogP contribution >= 0.6 is 0 Å². The summed E-state index contributed by atoms with van der Waals surface area (Å²) in [6, 6.07) is 9.89. The molecule has 1 N–H and O–H groups in total. The van der Waals surface area contributed by atoms with Crippen LogP contribution in [0.25, 0.3) is 0 Å². The number of β-amino-alcohol motifs (C(OH)–C–C–N with tert-alkyl or cyclic N) is 1. The fourth-order valence-corrected chi connectivity index (χ4v) is 3.31. The Hall–Kier alpha value is -2.31. The van der Waals surface area contributed by atoms with Gasteiger partial charge in [0.05, 0.1) is 12.3 Å². The number of rotatable bonds is 4. The van der Waals surface area contributed by atoms with E-state index in [1.54, 1.807) is 6.20 Å². The zero-order chi connectivity index (χ0) is 17.6. The van der Waals surface area contributed by atoms with Crippen LogP contribution in [0, 0.1) is 0 Å². The summed E-state index contributed by atoms with van der Waals surface area (Å²) >= 11 is 0. The van der Waals surface area contributed by atoms with Gasteiger partial charge in [-0.3, -0.25) is 9.78 Å². The predicted octanol–water partition coefficient (Wildman–Crippen LogP) is 1.57. The highest BCUT2D eigenvalue weighted by Crippen LogP contribution is 2.21. The normalized spacial score (nSPS) is 21.5. The minimum atomic E-state index is -0.439. The fraction of sp³-hybridized carbons (Fsp3) is 0.421. The number of aliphatic hydroxyl groups is 1. The van der Waals surface area contributed by atoms with E-state index in [1.807, 2.05) is 42.3 Å². The molecule has 2 atom stereocenters. The van der Waals surface area contributed by atoms with Gasteiger partial charge in [0.15, 0.2) is 0 Å². The van der Waals surface area contributed by atoms with Gasteiger partial charge in [-0.05, 0) is 32.0 Å². The zero-order valence-corrected chi connectivity index (χ0v) is 14.5. The summed E-state index contributed by atoms with van der Waals surface area (Å²) in [6.45, 7) is 1.98. The van der Waals surface area contributed by atoms with Crippen molar-refractivity contribution >= 4 is 5.91 Å². The molecule has 0 radical (unpaired) electrons. The van der Waals surface area contributed by atoms with Gasteiger partial charge in [-0.2, -0.15) is 0 Å². The van der Waals surface area contributed by atoms with Gasteiger partial charge in [-0.25, -0.2) is 4.98 Å². The van der Waals surface area contributed by atoms with E-state index < -0.39 is 6.10 Å². The maximum Gasteiger partial charge on any atom is 0.274 e. The van der Waals surface area contributed by atoms with Crippen molar-refractivity contribution in [3.05, 3.63) is 60.2 Å². The highest BCUT2D eigenvalue weighted by molar-refractivity contribution is 5.92. The molecule has 2 heterocycles. The average molecular weight is 340 g/mol. The quantitative estimate of drug-likeness (QED) is 0.915. The largest absolute Gasteiger partial charge is 0.392 e. The van der Waals surface area contributed by atoms with Crippen LogP contribution in [0.4, 0.5) is 0 Å². The molecule has 6 nitrogen and oxygen atoms in total. The lowest BCUT2D eigenvalue weighted by molar-refractivity contribution is 0.0571. The molecule has 0 unspecified atom stereocenters. The minimum Gasteiger partial charge on any atom is -0.392 e. The monoisotopic (exact) mass is 340 g/mol. The Kier molecular flexibility index (Phi) is 5.73. The molecule has 1 fully saturated rings. The molecule has 3 rings (SSSR count). The number of likely N-dealkylation sites (N-methyl/N-ethyl adjacent to an activating group) is 1. The van der Waals surface area contributed by atoms with Crippen molar-refractivity contribution in [2.45, 2.75) is 31.5 Å². The Labute approximate surface area is 148 Å². The molecule has 0 saturated carbocycles. The standard InChI is InChI=1S/C19H24N4O2/c1-22-10-7-16(11-17(24)14-22)23(13-15-5-3-2-4-6-15)19(25)18-12-20-8-9-21-18/h2-6,8-9,12,16-17,24H,7,10-11,13-14H2,1H3/t16-,17-/m0/s1. The number of aliphatic hydroxyl groups excluding tert-OH is 1. The van der Waals surface area contributed by atoms with Crippen LogP contribution in [-0.2, 0) is 6.54 Å². The third-order valence-corrected chi connectivity index (χ3v) is 4.59. The van der Waals surface area contributed by atoms with E-state index in [9.17, 15) is 9.90 Å². The lowest BCUT2D eigenvalue weighted by Crippen LogP contribution is -2.42. The van der Waals surface area contributed by atoms with Gasteiger partial charge in [-0.1, -0.05) is 30.3 Å². The Balaban J connectivity index is 1.87. The van der Waals surface area contributed by atoms with Gasteiger partial charge in [0.1, 0.15) is 5.69 Å². The molecule has 1 aliphatic rings. The lowest BCUT2D eigenvalue weighted by atomic mass is 10.0. The minimum absolute atomic E-state index is 0.0327. The molecule has 25 heavy (non-hydrogen) atoms. The molecule has 0 bridgehead atoms. The molecular weight excluding hydrogens is 316 g/mol. The van der Waals surface area contributed by atoms with Crippen LogP contribution in [0.3, 0.4) is 0 Å². The van der Waals surface area contributed by atoms with Crippen molar-refractivity contribution in [2.24, 2.45) is 0 Å². The van der Waals surface area contributed by atoms with Crippen molar-refractivity contribution in [2.75, 3.05) is 20.1 Å². The first-order chi connectivity index (χ1) is 12.1. The van der Waals surface area contributed by atoms with E-state index in [-0.39, 0.29) is 11.9 Å². The van der Waals surface area contributed by atoms with E-state index in [2.05, 4.69) is 14.9 Å². The smallest absolute Gasteiger partial charge is 0.274 e. The second-order valence-electron chi connectivity index (χ2n) is 6.60. The summed E-state index contributed by atoms with van der Waals surface area (Å²) in [7, 11) is 2.00. The zero-order valence-electron chi connectivity index (χ0n) is 14.5. The highest BCUT2D eigenvalue weighted by Gasteiger charge is 2.30. The Morgan fingerprint density at radius 2 is 2.12 bits per heavy atom. The summed E-state index contributed by atoms with van der Waals surface area (Å²) in [4.78, 5) is 25.2. The molecule has 0 aliphatic carbocycles. The highest BCUT2D eigenvalue weighted by atomic mass is 16.3. The van der Waals surface area contributed by atoms with Crippen LogP contribution in [-0.4, -0.2) is 63.1 Å². The number of hydrogen-bond donors (Lipinski definition) is 1. The summed E-state index contributed by atoms with van der Waals surface area (Å²) < 4.78 is 0. The molecule has 2 aromatic rings. The van der Waals surface area contributed by atoms with Crippen molar-refractivity contribution < 1.29 is 9.90 Å². The summed E-state index contributed by atoms with van der Waals surface area (Å²) in [5, 5.41) is 10.3. The van der Waals surface area contributed by atoms with Gasteiger partial charge < -0.3 is 14.9 Å². The number of likely N-dealkylation sites (tertiary alicyclic amines) is 1. The average Bonchev–Trinajstić information content (AvgIpc) is 2.81. The van der Waals surface area contributed by atoms with Gasteiger partial charge in [0, 0.05) is 31.5 Å². The predicted molar refractivity (Wildman–Crippen MR) is 94.9 cm³/mol. The van der Waals surface area contributed by atoms with Crippen molar-refractivity contribution in [1.82, 2.24) is 19.8 Å². The molecule has 0 spiro atoms. The number of aromatic nitrogens is 2. The number of nitrogens with zero attached hydrogens (tertiary/aromatic N) is 4. The first-order valence-electron chi connectivity index (χ1n) is 8.61. The number of hydrogen-bond acceptors (Lipinski definition) is 5. The molecular formula is C19H24N4O2. The molecule has 1 saturated heterocycles. The van der Waals surface area contributed by atoms with Gasteiger partial charge in [-0.15, -0.1) is 0 Å². The number of carbonyl (C=O) groups excluding carboxylic acids is 1. The second kappa shape index (κ2) is 8.18. The Morgan fingerprint density at radius 3 is 2.84 bits per heavy atom. The van der Waals surface area contributed by atoms with Crippen molar-refractivity contribution in [3.63, 3.8) is 0 Å². The fourth-order valence-electron chi connectivity index (χ4n) is 3.31. The van der Waals surface area contributed by atoms with Gasteiger partial charge in [0.2, 0.25) is 0 Å². The van der Waals surface area contributed by atoms with Crippen LogP contribution in [0.1, 0.15) is 28.9 Å². The second-order valence-corrected chi connectivity index (χ2v) is 6.60. The summed E-state index contributed by atoms with van der Waals surface area (Å²) in [5.41, 5.74) is 1.40. The third kappa shape index (κ3) is 4.61. The first kappa shape index (κ1) is 17.5. The van der Waals surface area contributed by atoms with Crippen LogP contribution in [0.2, 0.25) is 0 Å². The first-order valence-corrected chi connectivity index (χ1v) is 8.61. The maximum absolute atomic E-state index is 13.1. The maximum atomic E-state index is 13.1. The molecule has 132 valence electrons. The summed E-state index contributed by atoms with van der Waals surface area (Å²) in [6.07, 6.45) is 5.55. The van der Waals surface area contributed by atoms with E-state index in [0.29, 0.717) is 25.2 Å². The number of carbonyl (C=O) groups is 1. The topological polar surface area (TPSA) is 69.6 Å². The molecule has 1 aromatic heterocycles. The molecule has 1 aromatic carbocycles. The van der Waals surface area contributed by atoms with E-state index in [1.165, 1.54) is 12.4 Å². The van der Waals surface area contributed by atoms with E-state index in [0.717, 1.165) is 18.5 Å². The lowest BCUT2D eigenvalue weighted by Gasteiger charge is -2.31. The van der Waals surface area contributed by atoms with Crippen LogP contribution < -0.4 is 0 Å². The Bertz CT molecular complexity index is 680. The molecule has 1 amide bonds. The van der Waals surface area contributed by atoms with Gasteiger partial charge in [0.25, 0.3) is 5.91 Å². The van der Waals surface area contributed by atoms with Crippen molar-refractivity contribution in [3.8, 4) is 0 Å². The number of benzene rings is 1. The van der Waals surface area contributed by atoms with Crippen LogP contribution in [0.15, 0.2) is 48.9 Å². The molecule has 6 heteroatoms. The van der Waals surface area contributed by atoms with E-state index >= 15 is 0 Å². The van der Waals surface area contributed by atoms with Gasteiger partial charge >= 0.3 is 0 Å². The van der Waals surface area contributed by atoms with E-state index in [4.69, 9.17) is 0 Å². The summed E-state index contributed by atoms with van der Waals surface area (Å²) in [5.74, 6) is -0.140. The Morgan fingerprint density at radius 1 is 1.32 bits per heavy atom. The SMILES string of the molecule is CN1CC[C@H](N(Cc2ccccc2)C(=O)c2cnccn2)C[C@H](O)C1. The third-order valence-electron chi connectivity index (χ3n) is 4.59.